The first-order valence-electron chi connectivity index (χ1n) is 4.52. The molecule has 3 atom stereocenters. The number of halogens is 1. The molecule has 0 nitrogen and oxygen atoms in total. The van der Waals surface area contributed by atoms with Gasteiger partial charge in [0.1, 0.15) is 7.85 Å². The summed E-state index contributed by atoms with van der Waals surface area (Å²) in [7, 11) is 2.40. The Hall–Kier alpha value is 0.795. The molecule has 1 aliphatic carbocycles. The third-order valence-corrected chi connectivity index (χ3v) is 4.55. The second-order valence-corrected chi connectivity index (χ2v) is 7.52. The average Bonchev–Trinajstić information content (AvgIpc) is 1.77. The molecular weight excluding hydrogens is 246 g/mol. The highest BCUT2D eigenvalue weighted by Gasteiger charge is 2.39. The van der Waals surface area contributed by atoms with E-state index in [0.29, 0.717) is 8.74 Å². The van der Waals surface area contributed by atoms with E-state index < -0.39 is 0 Å². The van der Waals surface area contributed by atoms with Crippen LogP contribution in [0.2, 0.25) is 5.31 Å². The molecule has 0 N–H and O–H groups in total. The van der Waals surface area contributed by atoms with Gasteiger partial charge in [-0.1, -0.05) is 55.1 Å². The van der Waals surface area contributed by atoms with Crippen LogP contribution in [0.3, 0.4) is 0 Å². The van der Waals surface area contributed by atoms with Gasteiger partial charge in [-0.05, 0) is 18.8 Å². The van der Waals surface area contributed by atoms with Crippen molar-refractivity contribution in [3.63, 3.8) is 0 Å². The van der Waals surface area contributed by atoms with E-state index in [2.05, 4.69) is 51.2 Å². The van der Waals surface area contributed by atoms with Crippen LogP contribution in [-0.4, -0.2) is 11.3 Å². The van der Waals surface area contributed by atoms with E-state index in [4.69, 9.17) is 0 Å². The van der Waals surface area contributed by atoms with Crippen molar-refractivity contribution in [1.82, 2.24) is 0 Å². The van der Waals surface area contributed by atoms with Gasteiger partial charge in [-0.25, -0.2) is 0 Å². The van der Waals surface area contributed by atoms with Crippen LogP contribution in [0.25, 0.3) is 0 Å². The molecule has 0 aliphatic heterocycles. The molecule has 1 saturated carbocycles. The fourth-order valence-electron chi connectivity index (χ4n) is 2.11. The summed E-state index contributed by atoms with van der Waals surface area (Å²) < 4.78 is 0.541. The first-order chi connectivity index (χ1) is 4.83. The molecule has 0 aromatic rings. The van der Waals surface area contributed by atoms with Crippen LogP contribution in [0.4, 0.5) is 0 Å². The molecule has 0 radical (unpaired) electrons. The van der Waals surface area contributed by atoms with Gasteiger partial charge in [-0.2, -0.15) is 0 Å². The van der Waals surface area contributed by atoms with Crippen molar-refractivity contribution < 1.29 is 0 Å². The van der Waals surface area contributed by atoms with Gasteiger partial charge in [0.2, 0.25) is 0 Å². The normalized spacial score (nSPS) is 52.5. The monoisotopic (exact) mass is 264 g/mol. The predicted octanol–water partition coefficient (Wildman–Crippen LogP) is 2.81. The van der Waals surface area contributed by atoms with Crippen molar-refractivity contribution in [1.29, 1.82) is 0 Å². The third kappa shape index (κ3) is 2.36. The van der Waals surface area contributed by atoms with Crippen molar-refractivity contribution in [2.45, 2.75) is 48.8 Å². The smallest absolute Gasteiger partial charge is 0.0789 e. The van der Waals surface area contributed by atoms with Crippen LogP contribution in [0.1, 0.15) is 40.0 Å². The van der Waals surface area contributed by atoms with Gasteiger partial charge in [0.15, 0.2) is 0 Å². The minimum atomic E-state index is 0.541. The Bertz CT molecular complexity index is 152. The van der Waals surface area contributed by atoms with E-state index in [-0.39, 0.29) is 0 Å². The van der Waals surface area contributed by atoms with Gasteiger partial charge in [0.25, 0.3) is 0 Å². The third-order valence-electron chi connectivity index (χ3n) is 3.11. The molecule has 0 spiro atoms. The van der Waals surface area contributed by atoms with Crippen molar-refractivity contribution >= 4 is 30.4 Å². The van der Waals surface area contributed by atoms with Gasteiger partial charge >= 0.3 is 0 Å². The number of alkyl halides is 1. The first-order valence-corrected chi connectivity index (χ1v) is 5.60. The molecule has 2 unspecified atom stereocenters. The van der Waals surface area contributed by atoms with Crippen molar-refractivity contribution in [3.8, 4) is 0 Å². The summed E-state index contributed by atoms with van der Waals surface area (Å²) >= 11 is 2.64. The Kier molecular flexibility index (Phi) is 2.63. The Morgan fingerprint density at radius 1 is 1.45 bits per heavy atom. The summed E-state index contributed by atoms with van der Waals surface area (Å²) in [6.45, 7) is 7.19. The van der Waals surface area contributed by atoms with E-state index in [1.54, 1.807) is 0 Å². The SMILES string of the molecule is BC1(C)CC[C@@H](C)C(C)(I)C1. The lowest BCUT2D eigenvalue weighted by atomic mass is 9.57. The molecule has 11 heavy (non-hydrogen) atoms. The van der Waals surface area contributed by atoms with Gasteiger partial charge in [-0.15, -0.1) is 0 Å². The highest BCUT2D eigenvalue weighted by atomic mass is 127. The lowest BCUT2D eigenvalue weighted by molar-refractivity contribution is 0.275. The molecule has 2 heteroatoms. The Morgan fingerprint density at radius 3 is 2.36 bits per heavy atom. The van der Waals surface area contributed by atoms with Crippen LogP contribution in [0.5, 0.6) is 0 Å². The molecule has 0 heterocycles. The molecule has 0 amide bonds. The van der Waals surface area contributed by atoms with Crippen molar-refractivity contribution in [3.05, 3.63) is 0 Å². The lowest BCUT2D eigenvalue weighted by Gasteiger charge is -2.44. The molecule has 0 aromatic carbocycles. The molecule has 1 aliphatic rings. The number of hydrogen-bond acceptors (Lipinski definition) is 0. The number of rotatable bonds is 0. The van der Waals surface area contributed by atoms with Gasteiger partial charge < -0.3 is 0 Å². The molecule has 0 saturated heterocycles. The van der Waals surface area contributed by atoms with Gasteiger partial charge in [-0.3, -0.25) is 0 Å². The van der Waals surface area contributed by atoms with Crippen LogP contribution < -0.4 is 0 Å². The van der Waals surface area contributed by atoms with E-state index >= 15 is 0 Å². The van der Waals surface area contributed by atoms with E-state index in [1.165, 1.54) is 19.3 Å². The quantitative estimate of drug-likeness (QED) is 0.358. The summed E-state index contributed by atoms with van der Waals surface area (Å²) in [4.78, 5) is 0. The van der Waals surface area contributed by atoms with Gasteiger partial charge in [0, 0.05) is 3.42 Å². The second kappa shape index (κ2) is 2.93. The van der Waals surface area contributed by atoms with E-state index in [1.807, 2.05) is 0 Å². The lowest BCUT2D eigenvalue weighted by Crippen LogP contribution is -2.35. The molecular formula is C9H18BI. The second-order valence-electron chi connectivity index (χ2n) is 5.06. The largest absolute Gasteiger partial charge is 0.109 e. The molecule has 64 valence electrons. The van der Waals surface area contributed by atoms with Crippen LogP contribution >= 0.6 is 22.6 Å². The Labute approximate surface area is 85.1 Å². The van der Waals surface area contributed by atoms with Gasteiger partial charge in [0.05, 0.1) is 0 Å². The summed E-state index contributed by atoms with van der Waals surface area (Å²) in [5.74, 6) is 0.899. The Morgan fingerprint density at radius 2 is 2.00 bits per heavy atom. The molecule has 1 rings (SSSR count). The van der Waals surface area contributed by atoms with Crippen LogP contribution in [0.15, 0.2) is 0 Å². The standard InChI is InChI=1S/C9H18BI/c1-7-4-5-8(2,10)6-9(7,3)11/h7H,4-6,10H2,1-3H3/t7-,8?,9?/m1/s1. The van der Waals surface area contributed by atoms with Crippen molar-refractivity contribution in [2.24, 2.45) is 5.92 Å². The first kappa shape index (κ1) is 9.88. The topological polar surface area (TPSA) is 0 Å². The fourth-order valence-corrected chi connectivity index (χ4v) is 3.45. The fraction of sp³-hybridized carbons (Fsp3) is 1.00. The average molecular weight is 264 g/mol. The maximum Gasteiger partial charge on any atom is 0.109 e. The predicted molar refractivity (Wildman–Crippen MR) is 62.4 cm³/mol. The van der Waals surface area contributed by atoms with Crippen LogP contribution in [0, 0.1) is 5.92 Å². The minimum absolute atomic E-state index is 0.541. The Balaban J connectivity index is 2.67. The van der Waals surface area contributed by atoms with Crippen LogP contribution in [-0.2, 0) is 0 Å². The maximum absolute atomic E-state index is 2.64. The summed E-state index contributed by atoms with van der Waals surface area (Å²) in [5, 5.41) is 0.586. The zero-order chi connectivity index (χ0) is 8.70. The zero-order valence-corrected chi connectivity index (χ0v) is 10.2. The zero-order valence-electron chi connectivity index (χ0n) is 8.08. The number of hydrogen-bond donors (Lipinski definition) is 0. The maximum atomic E-state index is 2.64. The molecule has 0 bridgehead atoms. The highest BCUT2D eigenvalue weighted by Crippen LogP contribution is 2.51. The molecule has 1 fully saturated rings. The summed E-state index contributed by atoms with van der Waals surface area (Å²) in [5.41, 5.74) is 0. The highest BCUT2D eigenvalue weighted by molar-refractivity contribution is 14.1. The minimum Gasteiger partial charge on any atom is -0.0789 e. The summed E-state index contributed by atoms with van der Waals surface area (Å²) in [6, 6.07) is 0. The summed E-state index contributed by atoms with van der Waals surface area (Å²) in [6.07, 6.45) is 4.20. The van der Waals surface area contributed by atoms with E-state index in [9.17, 15) is 0 Å². The van der Waals surface area contributed by atoms with E-state index in [0.717, 1.165) is 5.92 Å². The van der Waals surface area contributed by atoms with Crippen molar-refractivity contribution in [2.75, 3.05) is 0 Å². The molecule has 0 aromatic heterocycles.